The second kappa shape index (κ2) is 10.8. The minimum absolute atomic E-state index is 0.0422. The number of amides is 2. The summed E-state index contributed by atoms with van der Waals surface area (Å²) in [7, 11) is -3.80. The Morgan fingerprint density at radius 1 is 1.03 bits per heavy atom. The van der Waals surface area contributed by atoms with E-state index in [2.05, 4.69) is 10.6 Å². The first-order valence-electron chi connectivity index (χ1n) is 10.8. The van der Waals surface area contributed by atoms with E-state index in [1.165, 1.54) is 22.5 Å². The van der Waals surface area contributed by atoms with Crippen LogP contribution in [-0.4, -0.2) is 68.2 Å². The highest BCUT2D eigenvalue weighted by Gasteiger charge is 2.30. The molecular formula is C23H29FN4O4S. The fourth-order valence-corrected chi connectivity index (χ4v) is 5.00. The summed E-state index contributed by atoms with van der Waals surface area (Å²) in [6, 6.07) is 12.3. The van der Waals surface area contributed by atoms with Gasteiger partial charge in [0.05, 0.1) is 17.9 Å². The van der Waals surface area contributed by atoms with E-state index in [4.69, 9.17) is 0 Å². The lowest BCUT2D eigenvalue weighted by atomic mass is 10.1. The number of benzene rings is 2. The number of piperazine rings is 1. The van der Waals surface area contributed by atoms with Crippen molar-refractivity contribution in [2.75, 3.05) is 38.0 Å². The molecule has 1 aliphatic rings. The highest BCUT2D eigenvalue weighted by Crippen LogP contribution is 2.18. The Balaban J connectivity index is 1.47. The van der Waals surface area contributed by atoms with Crippen molar-refractivity contribution in [1.29, 1.82) is 0 Å². The lowest BCUT2D eigenvalue weighted by Crippen LogP contribution is -2.51. The monoisotopic (exact) mass is 476 g/mol. The van der Waals surface area contributed by atoms with Crippen LogP contribution in [0.5, 0.6) is 0 Å². The standard InChI is InChI=1S/C23H29FN4O4S/c1-17(2)26-22(29)14-18-6-8-20(9-7-18)25-16-23(30)27-10-12-28(13-11-27)33(31,32)21-5-3-4-19(24)15-21/h3-9,15,17,25H,10-14,16H2,1-2H3,(H,26,29). The van der Waals surface area contributed by atoms with Crippen LogP contribution in [0.4, 0.5) is 10.1 Å². The molecule has 0 unspecified atom stereocenters. The number of hydrogen-bond acceptors (Lipinski definition) is 5. The Labute approximate surface area is 193 Å². The predicted octanol–water partition coefficient (Wildman–Crippen LogP) is 1.84. The van der Waals surface area contributed by atoms with E-state index in [9.17, 15) is 22.4 Å². The third-order valence-corrected chi connectivity index (χ3v) is 7.13. The van der Waals surface area contributed by atoms with E-state index in [1.807, 2.05) is 38.1 Å². The minimum Gasteiger partial charge on any atom is -0.376 e. The van der Waals surface area contributed by atoms with Crippen molar-refractivity contribution in [3.8, 4) is 0 Å². The summed E-state index contributed by atoms with van der Waals surface area (Å²) < 4.78 is 40.1. The number of rotatable bonds is 8. The molecule has 0 spiro atoms. The SMILES string of the molecule is CC(C)NC(=O)Cc1ccc(NCC(=O)N2CCN(S(=O)(=O)c3cccc(F)c3)CC2)cc1. The molecule has 3 rings (SSSR count). The van der Waals surface area contributed by atoms with Gasteiger partial charge in [0.1, 0.15) is 5.82 Å². The maximum absolute atomic E-state index is 13.4. The molecular weight excluding hydrogens is 447 g/mol. The van der Waals surface area contributed by atoms with Crippen LogP contribution in [0.2, 0.25) is 0 Å². The molecule has 2 N–H and O–H groups in total. The van der Waals surface area contributed by atoms with Crippen LogP contribution in [-0.2, 0) is 26.0 Å². The number of hydrogen-bond donors (Lipinski definition) is 2. The van der Waals surface area contributed by atoms with Crippen molar-refractivity contribution in [3.05, 3.63) is 59.9 Å². The Morgan fingerprint density at radius 3 is 2.30 bits per heavy atom. The maximum atomic E-state index is 13.4. The van der Waals surface area contributed by atoms with Gasteiger partial charge < -0.3 is 15.5 Å². The number of nitrogens with one attached hydrogen (secondary N) is 2. The normalized spacial score (nSPS) is 14.8. The molecule has 8 nitrogen and oxygen atoms in total. The first-order valence-corrected chi connectivity index (χ1v) is 12.2. The number of anilines is 1. The molecule has 0 aromatic heterocycles. The van der Waals surface area contributed by atoms with Gasteiger partial charge >= 0.3 is 0 Å². The van der Waals surface area contributed by atoms with Crippen LogP contribution in [0.25, 0.3) is 0 Å². The number of sulfonamides is 1. The van der Waals surface area contributed by atoms with Crippen molar-refractivity contribution >= 4 is 27.5 Å². The number of carbonyl (C=O) groups is 2. The predicted molar refractivity (Wildman–Crippen MR) is 124 cm³/mol. The van der Waals surface area contributed by atoms with E-state index in [-0.39, 0.29) is 55.5 Å². The van der Waals surface area contributed by atoms with Crippen LogP contribution < -0.4 is 10.6 Å². The van der Waals surface area contributed by atoms with E-state index < -0.39 is 15.8 Å². The van der Waals surface area contributed by atoms with Crippen LogP contribution in [0.15, 0.2) is 53.4 Å². The largest absolute Gasteiger partial charge is 0.376 e. The Kier molecular flexibility index (Phi) is 8.04. The van der Waals surface area contributed by atoms with E-state index in [1.54, 1.807) is 4.90 Å². The topological polar surface area (TPSA) is 98.8 Å². The van der Waals surface area contributed by atoms with Gasteiger partial charge in [-0.2, -0.15) is 4.31 Å². The van der Waals surface area contributed by atoms with Gasteiger partial charge in [0.15, 0.2) is 0 Å². The Bertz CT molecular complexity index is 1080. The first kappa shape index (κ1) is 24.7. The van der Waals surface area contributed by atoms with Crippen LogP contribution in [0, 0.1) is 5.82 Å². The van der Waals surface area contributed by atoms with Crippen molar-refractivity contribution < 1.29 is 22.4 Å². The maximum Gasteiger partial charge on any atom is 0.243 e. The molecule has 0 atom stereocenters. The average Bonchev–Trinajstić information content (AvgIpc) is 2.78. The summed E-state index contributed by atoms with van der Waals surface area (Å²) in [4.78, 5) is 25.9. The smallest absolute Gasteiger partial charge is 0.243 e. The fourth-order valence-electron chi connectivity index (χ4n) is 3.54. The molecule has 2 aromatic rings. The summed E-state index contributed by atoms with van der Waals surface area (Å²) in [5.41, 5.74) is 1.63. The average molecular weight is 477 g/mol. The molecule has 1 aliphatic heterocycles. The molecule has 178 valence electrons. The van der Waals surface area contributed by atoms with Gasteiger partial charge in [-0.1, -0.05) is 18.2 Å². The molecule has 33 heavy (non-hydrogen) atoms. The van der Waals surface area contributed by atoms with Gasteiger partial charge in [-0.05, 0) is 49.7 Å². The van der Waals surface area contributed by atoms with E-state index in [0.717, 1.165) is 17.3 Å². The molecule has 2 aromatic carbocycles. The highest BCUT2D eigenvalue weighted by molar-refractivity contribution is 7.89. The van der Waals surface area contributed by atoms with E-state index in [0.29, 0.717) is 6.42 Å². The molecule has 1 fully saturated rings. The molecule has 0 saturated carbocycles. The van der Waals surface area contributed by atoms with Crippen LogP contribution >= 0.6 is 0 Å². The lowest BCUT2D eigenvalue weighted by Gasteiger charge is -2.34. The molecule has 0 bridgehead atoms. The molecule has 1 saturated heterocycles. The molecule has 2 amide bonds. The summed E-state index contributed by atoms with van der Waals surface area (Å²) in [6.45, 7) is 4.72. The summed E-state index contributed by atoms with van der Waals surface area (Å²) in [5.74, 6) is -0.791. The molecule has 0 radical (unpaired) electrons. The second-order valence-electron chi connectivity index (χ2n) is 8.19. The second-order valence-corrected chi connectivity index (χ2v) is 10.1. The first-order chi connectivity index (χ1) is 15.6. The van der Waals surface area contributed by atoms with Gasteiger partial charge in [0.25, 0.3) is 0 Å². The minimum atomic E-state index is -3.80. The zero-order valence-electron chi connectivity index (χ0n) is 18.8. The zero-order valence-corrected chi connectivity index (χ0v) is 19.6. The van der Waals surface area contributed by atoms with Crippen molar-refractivity contribution in [1.82, 2.24) is 14.5 Å². The van der Waals surface area contributed by atoms with Crippen LogP contribution in [0.3, 0.4) is 0 Å². The van der Waals surface area contributed by atoms with Crippen molar-refractivity contribution in [3.63, 3.8) is 0 Å². The van der Waals surface area contributed by atoms with Gasteiger partial charge in [0, 0.05) is 37.9 Å². The number of carbonyl (C=O) groups excluding carboxylic acids is 2. The van der Waals surface area contributed by atoms with E-state index >= 15 is 0 Å². The summed E-state index contributed by atoms with van der Waals surface area (Å²) in [5, 5.41) is 5.91. The summed E-state index contributed by atoms with van der Waals surface area (Å²) in [6.07, 6.45) is 0.292. The van der Waals surface area contributed by atoms with Gasteiger partial charge in [-0.25, -0.2) is 12.8 Å². The third-order valence-electron chi connectivity index (χ3n) is 5.24. The highest BCUT2D eigenvalue weighted by atomic mass is 32.2. The Hall–Kier alpha value is -2.98. The van der Waals surface area contributed by atoms with Gasteiger partial charge in [-0.15, -0.1) is 0 Å². The number of halogens is 1. The lowest BCUT2D eigenvalue weighted by molar-refractivity contribution is -0.130. The quantitative estimate of drug-likeness (QED) is 0.606. The van der Waals surface area contributed by atoms with Gasteiger partial charge in [0.2, 0.25) is 21.8 Å². The summed E-state index contributed by atoms with van der Waals surface area (Å²) >= 11 is 0. The molecule has 10 heteroatoms. The van der Waals surface area contributed by atoms with Crippen molar-refractivity contribution in [2.24, 2.45) is 0 Å². The van der Waals surface area contributed by atoms with Crippen molar-refractivity contribution in [2.45, 2.75) is 31.2 Å². The zero-order chi connectivity index (χ0) is 24.0. The Morgan fingerprint density at radius 2 is 1.70 bits per heavy atom. The third kappa shape index (κ3) is 6.75. The van der Waals surface area contributed by atoms with Crippen LogP contribution in [0.1, 0.15) is 19.4 Å². The fraction of sp³-hybridized carbons (Fsp3) is 0.391. The number of nitrogens with zero attached hydrogens (tertiary/aromatic N) is 2. The molecule has 1 heterocycles. The van der Waals surface area contributed by atoms with Gasteiger partial charge in [-0.3, -0.25) is 9.59 Å². The molecule has 0 aliphatic carbocycles.